The molecule has 2 aromatic rings. The molecule has 1 heterocycles. The molecule has 0 atom stereocenters. The largest absolute Gasteiger partial charge is 0.326 e. The van der Waals surface area contributed by atoms with Crippen LogP contribution in [-0.2, 0) is 21.2 Å². The number of likely N-dealkylation sites (N-methyl/N-ethyl adjacent to an activating group) is 1. The molecule has 1 aliphatic rings. The summed E-state index contributed by atoms with van der Waals surface area (Å²) < 4.78 is 40.7. The standard InChI is InChI=1S/C21H26FN3O3S/c1-2-24-13-15-25(16-14-24)29(27,28)19-10-8-18(9-11-19)23-21(26)12-7-17-5-3-4-6-20(17)22/h3-6,8-11H,2,7,12-16H2,1H3,(H,23,26). The number of nitrogens with one attached hydrogen (secondary N) is 1. The van der Waals surface area contributed by atoms with Crippen molar-refractivity contribution in [2.75, 3.05) is 38.0 Å². The van der Waals surface area contributed by atoms with Gasteiger partial charge in [0, 0.05) is 38.3 Å². The molecule has 0 unspecified atom stereocenters. The second-order valence-corrected chi connectivity index (χ2v) is 8.94. The first-order chi connectivity index (χ1) is 13.9. The Hall–Kier alpha value is -2.29. The second kappa shape index (κ2) is 9.47. The van der Waals surface area contributed by atoms with Gasteiger partial charge in [0.25, 0.3) is 0 Å². The average Bonchev–Trinajstić information content (AvgIpc) is 2.73. The number of halogens is 1. The molecule has 1 N–H and O–H groups in total. The summed E-state index contributed by atoms with van der Waals surface area (Å²) in [4.78, 5) is 14.5. The number of rotatable bonds is 7. The van der Waals surface area contributed by atoms with Gasteiger partial charge in [-0.25, -0.2) is 12.8 Å². The zero-order valence-corrected chi connectivity index (χ0v) is 17.3. The zero-order chi connectivity index (χ0) is 20.9. The molecule has 29 heavy (non-hydrogen) atoms. The van der Waals surface area contributed by atoms with E-state index in [-0.39, 0.29) is 23.0 Å². The molecule has 1 fully saturated rings. The molecular formula is C21H26FN3O3S. The molecule has 8 heteroatoms. The Morgan fingerprint density at radius 2 is 1.69 bits per heavy atom. The molecule has 1 aliphatic heterocycles. The van der Waals surface area contributed by atoms with E-state index < -0.39 is 10.0 Å². The van der Waals surface area contributed by atoms with Crippen molar-refractivity contribution in [3.05, 3.63) is 59.9 Å². The Morgan fingerprint density at radius 1 is 1.03 bits per heavy atom. The maximum atomic E-state index is 13.6. The van der Waals surface area contributed by atoms with Crippen LogP contribution in [0.5, 0.6) is 0 Å². The number of anilines is 1. The van der Waals surface area contributed by atoms with E-state index >= 15 is 0 Å². The molecule has 1 saturated heterocycles. The average molecular weight is 420 g/mol. The first kappa shape index (κ1) is 21.4. The molecule has 0 aromatic heterocycles. The van der Waals surface area contributed by atoms with Gasteiger partial charge < -0.3 is 10.2 Å². The van der Waals surface area contributed by atoms with Gasteiger partial charge in [0.05, 0.1) is 4.90 Å². The number of benzene rings is 2. The van der Waals surface area contributed by atoms with Crippen molar-refractivity contribution < 1.29 is 17.6 Å². The molecular weight excluding hydrogens is 393 g/mol. The quantitative estimate of drug-likeness (QED) is 0.749. The predicted octanol–water partition coefficient (Wildman–Crippen LogP) is 2.72. The molecule has 3 rings (SSSR count). The van der Waals surface area contributed by atoms with E-state index in [4.69, 9.17) is 0 Å². The fraction of sp³-hybridized carbons (Fsp3) is 0.381. The predicted molar refractivity (Wildman–Crippen MR) is 111 cm³/mol. The van der Waals surface area contributed by atoms with Crippen molar-refractivity contribution >= 4 is 21.6 Å². The third-order valence-corrected chi connectivity index (χ3v) is 7.05. The minimum Gasteiger partial charge on any atom is -0.326 e. The molecule has 2 aromatic carbocycles. The highest BCUT2D eigenvalue weighted by Gasteiger charge is 2.27. The van der Waals surface area contributed by atoms with Gasteiger partial charge >= 0.3 is 0 Å². The highest BCUT2D eigenvalue weighted by atomic mass is 32.2. The number of nitrogens with zero attached hydrogens (tertiary/aromatic N) is 2. The van der Waals surface area contributed by atoms with Crippen molar-refractivity contribution in [1.29, 1.82) is 0 Å². The lowest BCUT2D eigenvalue weighted by molar-refractivity contribution is -0.116. The highest BCUT2D eigenvalue weighted by molar-refractivity contribution is 7.89. The molecule has 1 amide bonds. The number of hydrogen-bond donors (Lipinski definition) is 1. The molecule has 0 radical (unpaired) electrons. The van der Waals surface area contributed by atoms with Crippen LogP contribution in [0.4, 0.5) is 10.1 Å². The fourth-order valence-corrected chi connectivity index (χ4v) is 4.74. The fourth-order valence-electron chi connectivity index (χ4n) is 3.32. The van der Waals surface area contributed by atoms with Gasteiger partial charge in [0.2, 0.25) is 15.9 Å². The van der Waals surface area contributed by atoms with Gasteiger partial charge in [-0.15, -0.1) is 0 Å². The molecule has 0 bridgehead atoms. The molecule has 0 aliphatic carbocycles. The third kappa shape index (κ3) is 5.41. The highest BCUT2D eigenvalue weighted by Crippen LogP contribution is 2.20. The van der Waals surface area contributed by atoms with E-state index in [9.17, 15) is 17.6 Å². The number of hydrogen-bond acceptors (Lipinski definition) is 4. The van der Waals surface area contributed by atoms with E-state index in [0.717, 1.165) is 19.6 Å². The van der Waals surface area contributed by atoms with Crippen molar-refractivity contribution in [3.63, 3.8) is 0 Å². The Kier molecular flexibility index (Phi) is 7.00. The Labute approximate surface area is 171 Å². The smallest absolute Gasteiger partial charge is 0.243 e. The Balaban J connectivity index is 1.57. The van der Waals surface area contributed by atoms with Gasteiger partial charge in [-0.3, -0.25) is 4.79 Å². The van der Waals surface area contributed by atoms with Crippen molar-refractivity contribution in [2.24, 2.45) is 0 Å². The lowest BCUT2D eigenvalue weighted by Crippen LogP contribution is -2.48. The first-order valence-electron chi connectivity index (χ1n) is 9.76. The van der Waals surface area contributed by atoms with E-state index in [2.05, 4.69) is 17.1 Å². The van der Waals surface area contributed by atoms with Crippen molar-refractivity contribution in [3.8, 4) is 0 Å². The third-order valence-electron chi connectivity index (χ3n) is 5.13. The normalized spacial score (nSPS) is 15.9. The SMILES string of the molecule is CCN1CCN(S(=O)(=O)c2ccc(NC(=O)CCc3ccccc3F)cc2)CC1. The number of amides is 1. The summed E-state index contributed by atoms with van der Waals surface area (Å²) in [6.45, 7) is 5.39. The topological polar surface area (TPSA) is 69.7 Å². The summed E-state index contributed by atoms with van der Waals surface area (Å²) in [6.07, 6.45) is 0.442. The maximum absolute atomic E-state index is 13.6. The van der Waals surface area contributed by atoms with Crippen LogP contribution in [0.1, 0.15) is 18.9 Å². The number of sulfonamides is 1. The minimum absolute atomic E-state index is 0.142. The van der Waals surface area contributed by atoms with Crippen LogP contribution in [0, 0.1) is 5.82 Å². The maximum Gasteiger partial charge on any atom is 0.243 e. The van der Waals surface area contributed by atoms with Crippen LogP contribution < -0.4 is 5.32 Å². The minimum atomic E-state index is -3.54. The van der Waals surface area contributed by atoms with Crippen molar-refractivity contribution in [2.45, 2.75) is 24.7 Å². The second-order valence-electron chi connectivity index (χ2n) is 7.00. The van der Waals surface area contributed by atoms with E-state index in [1.807, 2.05) is 0 Å². The van der Waals surface area contributed by atoms with E-state index in [1.165, 1.54) is 22.5 Å². The molecule has 6 nitrogen and oxygen atoms in total. The zero-order valence-electron chi connectivity index (χ0n) is 16.5. The molecule has 0 saturated carbocycles. The van der Waals surface area contributed by atoms with Gasteiger partial charge in [0.15, 0.2) is 0 Å². The molecule has 0 spiro atoms. The monoisotopic (exact) mass is 419 g/mol. The van der Waals surface area contributed by atoms with E-state index in [0.29, 0.717) is 30.8 Å². The summed E-state index contributed by atoms with van der Waals surface area (Å²) in [5.74, 6) is -0.575. The van der Waals surface area contributed by atoms with Crippen molar-refractivity contribution in [1.82, 2.24) is 9.21 Å². The summed E-state index contributed by atoms with van der Waals surface area (Å²) in [5, 5.41) is 2.73. The lowest BCUT2D eigenvalue weighted by Gasteiger charge is -2.33. The number of piperazine rings is 1. The lowest BCUT2D eigenvalue weighted by atomic mass is 10.1. The summed E-state index contributed by atoms with van der Waals surface area (Å²) in [5.41, 5.74) is 1.01. The first-order valence-corrected chi connectivity index (χ1v) is 11.2. The van der Waals surface area contributed by atoms with Gasteiger partial charge in [-0.05, 0) is 48.9 Å². The Morgan fingerprint density at radius 3 is 2.31 bits per heavy atom. The van der Waals surface area contributed by atoms with Crippen LogP contribution in [0.25, 0.3) is 0 Å². The van der Waals surface area contributed by atoms with Crippen LogP contribution >= 0.6 is 0 Å². The van der Waals surface area contributed by atoms with Crippen LogP contribution in [-0.4, -0.2) is 56.3 Å². The summed E-state index contributed by atoms with van der Waals surface area (Å²) in [6, 6.07) is 12.5. The molecule has 156 valence electrons. The number of aryl methyl sites for hydroxylation is 1. The summed E-state index contributed by atoms with van der Waals surface area (Å²) >= 11 is 0. The Bertz CT molecular complexity index is 940. The van der Waals surface area contributed by atoms with Gasteiger partial charge in [-0.1, -0.05) is 25.1 Å². The number of carbonyl (C=O) groups is 1. The van der Waals surface area contributed by atoms with Crippen LogP contribution in [0.15, 0.2) is 53.4 Å². The van der Waals surface area contributed by atoms with Crippen LogP contribution in [0.3, 0.4) is 0 Å². The van der Waals surface area contributed by atoms with E-state index in [1.54, 1.807) is 30.3 Å². The van der Waals surface area contributed by atoms with Crippen LogP contribution in [0.2, 0.25) is 0 Å². The summed E-state index contributed by atoms with van der Waals surface area (Å²) in [7, 11) is -3.54. The van der Waals surface area contributed by atoms with Gasteiger partial charge in [-0.2, -0.15) is 4.31 Å². The number of carbonyl (C=O) groups excluding carboxylic acids is 1. The van der Waals surface area contributed by atoms with Gasteiger partial charge in [0.1, 0.15) is 5.82 Å².